The standard InChI is InChI=1S/C22H25N3O4/c23-21(27)25-17-6-3-15(4-7-17)20(26)24-14-22(9-1-2-10-22)16-5-8-18-19(13-16)29-12-11-28-18/h3-8,13H,1-2,9-12,14H2,(H,24,26)(H3,23,25,27). The number of carbonyl (C=O) groups excluding carboxylic acids is 2. The minimum absolute atomic E-state index is 0.0983. The van der Waals surface area contributed by atoms with Gasteiger partial charge in [0.1, 0.15) is 13.2 Å². The van der Waals surface area contributed by atoms with Crippen LogP contribution in [0.4, 0.5) is 10.5 Å². The Bertz CT molecular complexity index is 905. The molecule has 0 radical (unpaired) electrons. The zero-order valence-electron chi connectivity index (χ0n) is 16.2. The van der Waals surface area contributed by atoms with Crippen LogP contribution in [0.1, 0.15) is 41.6 Å². The normalized spacial score (nSPS) is 16.8. The van der Waals surface area contributed by atoms with Crippen molar-refractivity contribution in [1.82, 2.24) is 5.32 Å². The quantitative estimate of drug-likeness (QED) is 0.723. The van der Waals surface area contributed by atoms with Gasteiger partial charge in [-0.3, -0.25) is 4.79 Å². The summed E-state index contributed by atoms with van der Waals surface area (Å²) in [6.07, 6.45) is 4.32. The smallest absolute Gasteiger partial charge is 0.316 e. The van der Waals surface area contributed by atoms with Crippen molar-refractivity contribution in [2.75, 3.05) is 25.1 Å². The minimum Gasteiger partial charge on any atom is -0.486 e. The molecule has 0 atom stereocenters. The lowest BCUT2D eigenvalue weighted by molar-refractivity contribution is 0.0943. The number of hydrogen-bond acceptors (Lipinski definition) is 4. The van der Waals surface area contributed by atoms with Crippen LogP contribution in [0.5, 0.6) is 11.5 Å². The maximum absolute atomic E-state index is 12.7. The van der Waals surface area contributed by atoms with Crippen molar-refractivity contribution in [3.05, 3.63) is 53.6 Å². The van der Waals surface area contributed by atoms with Crippen LogP contribution >= 0.6 is 0 Å². The predicted molar refractivity (Wildman–Crippen MR) is 110 cm³/mol. The predicted octanol–water partition coefficient (Wildman–Crippen LogP) is 3.19. The van der Waals surface area contributed by atoms with Gasteiger partial charge >= 0.3 is 6.03 Å². The van der Waals surface area contributed by atoms with Crippen LogP contribution in [0.2, 0.25) is 0 Å². The van der Waals surface area contributed by atoms with Gasteiger partial charge in [-0.1, -0.05) is 18.9 Å². The summed E-state index contributed by atoms with van der Waals surface area (Å²) in [5.74, 6) is 1.42. The number of urea groups is 1. The van der Waals surface area contributed by atoms with Gasteiger partial charge in [-0.25, -0.2) is 4.79 Å². The summed E-state index contributed by atoms with van der Waals surface area (Å²) < 4.78 is 11.4. The molecule has 3 amide bonds. The summed E-state index contributed by atoms with van der Waals surface area (Å²) in [5.41, 5.74) is 7.28. The molecule has 7 heteroatoms. The fraction of sp³-hybridized carbons (Fsp3) is 0.364. The van der Waals surface area contributed by atoms with E-state index in [1.807, 2.05) is 6.07 Å². The first-order valence-electron chi connectivity index (χ1n) is 9.91. The summed E-state index contributed by atoms with van der Waals surface area (Å²) in [4.78, 5) is 23.6. The van der Waals surface area contributed by atoms with Crippen LogP contribution in [-0.2, 0) is 5.41 Å². The first-order chi connectivity index (χ1) is 14.1. The van der Waals surface area contributed by atoms with Crippen molar-refractivity contribution >= 4 is 17.6 Å². The van der Waals surface area contributed by atoms with Gasteiger partial charge in [0.05, 0.1) is 0 Å². The highest BCUT2D eigenvalue weighted by Gasteiger charge is 2.36. The Balaban J connectivity index is 1.47. The lowest BCUT2D eigenvalue weighted by Gasteiger charge is -2.31. The van der Waals surface area contributed by atoms with E-state index < -0.39 is 6.03 Å². The summed E-state index contributed by atoms with van der Waals surface area (Å²) in [6, 6.07) is 12.2. The summed E-state index contributed by atoms with van der Waals surface area (Å²) in [7, 11) is 0. The van der Waals surface area contributed by atoms with E-state index in [-0.39, 0.29) is 11.3 Å². The van der Waals surface area contributed by atoms with Crippen LogP contribution in [-0.4, -0.2) is 31.7 Å². The third kappa shape index (κ3) is 4.13. The number of carbonyl (C=O) groups is 2. The zero-order valence-corrected chi connectivity index (χ0v) is 16.2. The highest BCUT2D eigenvalue weighted by molar-refractivity contribution is 5.95. The average molecular weight is 395 g/mol. The van der Waals surface area contributed by atoms with Gasteiger partial charge in [0.25, 0.3) is 5.91 Å². The Morgan fingerprint density at radius 1 is 0.966 bits per heavy atom. The second-order valence-electron chi connectivity index (χ2n) is 7.60. The van der Waals surface area contributed by atoms with E-state index in [1.54, 1.807) is 24.3 Å². The largest absolute Gasteiger partial charge is 0.486 e. The van der Waals surface area contributed by atoms with Crippen molar-refractivity contribution in [3.63, 3.8) is 0 Å². The van der Waals surface area contributed by atoms with Crippen molar-refractivity contribution in [1.29, 1.82) is 0 Å². The molecule has 0 spiro atoms. The minimum atomic E-state index is -0.634. The van der Waals surface area contributed by atoms with Crippen molar-refractivity contribution in [3.8, 4) is 11.5 Å². The van der Waals surface area contributed by atoms with E-state index in [9.17, 15) is 9.59 Å². The molecular formula is C22H25N3O4. The number of nitrogens with one attached hydrogen (secondary N) is 2. The topological polar surface area (TPSA) is 103 Å². The van der Waals surface area contributed by atoms with E-state index in [2.05, 4.69) is 22.8 Å². The van der Waals surface area contributed by atoms with Gasteiger partial charge in [-0.2, -0.15) is 0 Å². The Labute approximate surface area is 169 Å². The molecule has 0 bridgehead atoms. The van der Waals surface area contributed by atoms with Crippen molar-refractivity contribution in [2.24, 2.45) is 5.73 Å². The molecule has 1 fully saturated rings. The molecular weight excluding hydrogens is 370 g/mol. The summed E-state index contributed by atoms with van der Waals surface area (Å²) >= 11 is 0. The molecule has 2 aromatic carbocycles. The van der Waals surface area contributed by atoms with Crippen LogP contribution in [0.15, 0.2) is 42.5 Å². The molecule has 4 N–H and O–H groups in total. The molecule has 1 heterocycles. The molecule has 1 aliphatic heterocycles. The molecule has 0 aromatic heterocycles. The molecule has 1 saturated carbocycles. The number of amides is 3. The summed E-state index contributed by atoms with van der Waals surface area (Å²) in [6.45, 7) is 1.69. The molecule has 7 nitrogen and oxygen atoms in total. The highest BCUT2D eigenvalue weighted by atomic mass is 16.6. The van der Waals surface area contributed by atoms with Gasteiger partial charge in [-0.05, 0) is 54.8 Å². The van der Waals surface area contributed by atoms with Gasteiger partial charge in [0, 0.05) is 23.2 Å². The average Bonchev–Trinajstić information content (AvgIpc) is 3.22. The first kappa shape index (κ1) is 19.1. The van der Waals surface area contributed by atoms with Crippen LogP contribution in [0, 0.1) is 0 Å². The van der Waals surface area contributed by atoms with Gasteiger partial charge < -0.3 is 25.8 Å². The molecule has 1 aliphatic carbocycles. The van der Waals surface area contributed by atoms with Crippen molar-refractivity contribution < 1.29 is 19.1 Å². The second-order valence-corrected chi connectivity index (χ2v) is 7.60. The molecule has 152 valence electrons. The third-order valence-electron chi connectivity index (χ3n) is 5.72. The molecule has 4 rings (SSSR count). The molecule has 29 heavy (non-hydrogen) atoms. The highest BCUT2D eigenvalue weighted by Crippen LogP contribution is 2.43. The fourth-order valence-electron chi connectivity index (χ4n) is 4.19. The zero-order chi connectivity index (χ0) is 20.3. The number of ether oxygens (including phenoxy) is 2. The summed E-state index contributed by atoms with van der Waals surface area (Å²) in [5, 5.41) is 5.58. The molecule has 2 aromatic rings. The lowest BCUT2D eigenvalue weighted by atomic mass is 9.78. The number of primary amides is 1. The second kappa shape index (κ2) is 8.03. The SMILES string of the molecule is NC(=O)Nc1ccc(C(=O)NCC2(c3ccc4c(c3)OCCO4)CCCC2)cc1. The third-order valence-corrected chi connectivity index (χ3v) is 5.72. The number of nitrogens with two attached hydrogens (primary N) is 1. The van der Waals surface area contributed by atoms with Gasteiger partial charge in [-0.15, -0.1) is 0 Å². The maximum atomic E-state index is 12.7. The first-order valence-corrected chi connectivity index (χ1v) is 9.91. The van der Waals surface area contributed by atoms with Crippen LogP contribution in [0.3, 0.4) is 0 Å². The lowest BCUT2D eigenvalue weighted by Crippen LogP contribution is -2.39. The number of rotatable bonds is 5. The Morgan fingerprint density at radius 3 is 2.34 bits per heavy atom. The Kier molecular flexibility index (Phi) is 5.29. The molecule has 0 unspecified atom stereocenters. The molecule has 0 saturated heterocycles. The Morgan fingerprint density at radius 2 is 1.66 bits per heavy atom. The maximum Gasteiger partial charge on any atom is 0.316 e. The van der Waals surface area contributed by atoms with E-state index in [1.165, 1.54) is 5.56 Å². The Hall–Kier alpha value is -3.22. The monoisotopic (exact) mass is 395 g/mol. The fourth-order valence-corrected chi connectivity index (χ4v) is 4.19. The van der Waals surface area contributed by atoms with Gasteiger partial charge in [0.2, 0.25) is 0 Å². The number of hydrogen-bond donors (Lipinski definition) is 3. The van der Waals surface area contributed by atoms with E-state index in [0.717, 1.165) is 37.2 Å². The van der Waals surface area contributed by atoms with E-state index in [4.69, 9.17) is 15.2 Å². The van der Waals surface area contributed by atoms with Crippen LogP contribution < -0.4 is 25.8 Å². The molecule has 2 aliphatic rings. The van der Waals surface area contributed by atoms with Crippen molar-refractivity contribution in [2.45, 2.75) is 31.1 Å². The van der Waals surface area contributed by atoms with Crippen LogP contribution in [0.25, 0.3) is 0 Å². The number of fused-ring (bicyclic) bond motifs is 1. The van der Waals surface area contributed by atoms with E-state index >= 15 is 0 Å². The van der Waals surface area contributed by atoms with E-state index in [0.29, 0.717) is 31.0 Å². The number of benzene rings is 2. The van der Waals surface area contributed by atoms with Gasteiger partial charge in [0.15, 0.2) is 11.5 Å². The number of anilines is 1.